The van der Waals surface area contributed by atoms with Crippen LogP contribution in [0.4, 0.5) is 4.39 Å². The number of nitrogens with zero attached hydrogens (tertiary/aromatic N) is 2. The number of carbonyl (C=O) groups is 1. The van der Waals surface area contributed by atoms with Gasteiger partial charge in [0.2, 0.25) is 6.79 Å². The van der Waals surface area contributed by atoms with Crippen LogP contribution in [-0.2, 0) is 0 Å². The first-order chi connectivity index (χ1) is 12.6. The summed E-state index contributed by atoms with van der Waals surface area (Å²) < 4.78 is 25.4. The Morgan fingerprint density at radius 1 is 1.19 bits per heavy atom. The molecule has 1 N–H and O–H groups in total. The van der Waals surface area contributed by atoms with Gasteiger partial charge in [-0.25, -0.2) is 9.37 Å². The molecule has 2 heterocycles. The topological polar surface area (TPSA) is 65.4 Å². The predicted molar refractivity (Wildman–Crippen MR) is 92.0 cm³/mol. The van der Waals surface area contributed by atoms with Crippen molar-refractivity contribution in [2.75, 3.05) is 6.79 Å². The van der Waals surface area contributed by atoms with Gasteiger partial charge < -0.3 is 14.8 Å². The number of aromatic nitrogens is 2. The van der Waals surface area contributed by atoms with E-state index >= 15 is 0 Å². The molecule has 0 aliphatic carbocycles. The van der Waals surface area contributed by atoms with Gasteiger partial charge in [-0.05, 0) is 48.9 Å². The standard InChI is InChI=1S/C19H16FN3O3/c1-12(13-2-7-17-18(8-13)26-11-25-17)22-19(24)16-9-21-10-23(16)15-5-3-14(20)4-6-15/h2-10,12H,11H2,1H3,(H,22,24)/t12-/m1/s1. The van der Waals surface area contributed by atoms with Crippen LogP contribution < -0.4 is 14.8 Å². The lowest BCUT2D eigenvalue weighted by molar-refractivity contribution is 0.0933. The molecule has 6 nitrogen and oxygen atoms in total. The highest BCUT2D eigenvalue weighted by molar-refractivity contribution is 5.93. The van der Waals surface area contributed by atoms with Crippen molar-refractivity contribution in [3.8, 4) is 17.2 Å². The number of amides is 1. The van der Waals surface area contributed by atoms with Crippen LogP contribution in [0.25, 0.3) is 5.69 Å². The number of rotatable bonds is 4. The van der Waals surface area contributed by atoms with E-state index in [1.807, 2.05) is 25.1 Å². The minimum absolute atomic E-state index is 0.205. The maximum atomic E-state index is 13.1. The SMILES string of the molecule is C[C@@H](NC(=O)c1cncn1-c1ccc(F)cc1)c1ccc2c(c1)OCO2. The lowest BCUT2D eigenvalue weighted by Gasteiger charge is -2.15. The second-order valence-corrected chi connectivity index (χ2v) is 5.93. The van der Waals surface area contributed by atoms with Crippen LogP contribution in [0.3, 0.4) is 0 Å². The Hall–Kier alpha value is -3.35. The normalized spacial score (nSPS) is 13.5. The molecule has 0 fully saturated rings. The zero-order chi connectivity index (χ0) is 18.1. The lowest BCUT2D eigenvalue weighted by atomic mass is 10.1. The van der Waals surface area contributed by atoms with Crippen LogP contribution >= 0.6 is 0 Å². The summed E-state index contributed by atoms with van der Waals surface area (Å²) in [6.45, 7) is 2.09. The third-order valence-corrected chi connectivity index (χ3v) is 4.22. The van der Waals surface area contributed by atoms with E-state index in [-0.39, 0.29) is 24.6 Å². The van der Waals surface area contributed by atoms with Gasteiger partial charge in [0.1, 0.15) is 11.5 Å². The van der Waals surface area contributed by atoms with Crippen molar-refractivity contribution in [2.24, 2.45) is 0 Å². The first kappa shape index (κ1) is 16.1. The molecule has 0 radical (unpaired) electrons. The second kappa shape index (κ2) is 6.51. The number of ether oxygens (including phenoxy) is 2. The van der Waals surface area contributed by atoms with Crippen LogP contribution in [0.5, 0.6) is 11.5 Å². The van der Waals surface area contributed by atoms with Crippen molar-refractivity contribution in [3.05, 3.63) is 72.1 Å². The third-order valence-electron chi connectivity index (χ3n) is 4.22. The summed E-state index contributed by atoms with van der Waals surface area (Å²) in [5, 5.41) is 2.94. The molecule has 1 aliphatic heterocycles. The van der Waals surface area contributed by atoms with E-state index < -0.39 is 0 Å². The largest absolute Gasteiger partial charge is 0.454 e. The van der Waals surface area contributed by atoms with E-state index in [0.717, 1.165) is 5.56 Å². The maximum absolute atomic E-state index is 13.1. The quantitative estimate of drug-likeness (QED) is 0.782. The second-order valence-electron chi connectivity index (χ2n) is 5.93. The fraction of sp³-hybridized carbons (Fsp3) is 0.158. The zero-order valence-corrected chi connectivity index (χ0v) is 14.0. The van der Waals surface area contributed by atoms with E-state index in [4.69, 9.17) is 9.47 Å². The van der Waals surface area contributed by atoms with Gasteiger partial charge in [0.15, 0.2) is 11.5 Å². The molecule has 132 valence electrons. The average molecular weight is 353 g/mol. The number of imidazole rings is 1. The first-order valence-electron chi connectivity index (χ1n) is 8.10. The molecule has 7 heteroatoms. The monoisotopic (exact) mass is 353 g/mol. The molecule has 4 rings (SSSR count). The lowest BCUT2D eigenvalue weighted by Crippen LogP contribution is -2.28. The Morgan fingerprint density at radius 3 is 2.77 bits per heavy atom. The number of hydrogen-bond donors (Lipinski definition) is 1. The highest BCUT2D eigenvalue weighted by Crippen LogP contribution is 2.34. The minimum Gasteiger partial charge on any atom is -0.454 e. The number of fused-ring (bicyclic) bond motifs is 1. The van der Waals surface area contributed by atoms with Crippen molar-refractivity contribution >= 4 is 5.91 Å². The van der Waals surface area contributed by atoms with Crippen molar-refractivity contribution in [2.45, 2.75) is 13.0 Å². The molecule has 1 aromatic heterocycles. The molecule has 3 aromatic rings. The van der Waals surface area contributed by atoms with Crippen LogP contribution in [-0.4, -0.2) is 22.3 Å². The van der Waals surface area contributed by atoms with Crippen molar-refractivity contribution in [3.63, 3.8) is 0 Å². The molecule has 0 saturated heterocycles. The van der Waals surface area contributed by atoms with Gasteiger partial charge in [-0.15, -0.1) is 0 Å². The third kappa shape index (κ3) is 2.99. The van der Waals surface area contributed by atoms with E-state index in [2.05, 4.69) is 10.3 Å². The molecule has 0 saturated carbocycles. The highest BCUT2D eigenvalue weighted by atomic mass is 19.1. The summed E-state index contributed by atoms with van der Waals surface area (Å²) in [4.78, 5) is 16.7. The van der Waals surface area contributed by atoms with E-state index in [1.165, 1.54) is 24.7 Å². The summed E-state index contributed by atoms with van der Waals surface area (Å²) in [5.41, 5.74) is 1.92. The van der Waals surface area contributed by atoms with Crippen molar-refractivity contribution < 1.29 is 18.7 Å². The summed E-state index contributed by atoms with van der Waals surface area (Å²) >= 11 is 0. The zero-order valence-electron chi connectivity index (χ0n) is 14.0. The summed E-state index contributed by atoms with van der Waals surface area (Å²) in [6.07, 6.45) is 3.00. The van der Waals surface area contributed by atoms with Gasteiger partial charge >= 0.3 is 0 Å². The highest BCUT2D eigenvalue weighted by Gasteiger charge is 2.19. The molecule has 2 aromatic carbocycles. The number of halogens is 1. The molecular weight excluding hydrogens is 337 g/mol. The van der Waals surface area contributed by atoms with Crippen molar-refractivity contribution in [1.29, 1.82) is 0 Å². The Kier molecular flexibility index (Phi) is 4.04. The number of carbonyl (C=O) groups excluding carboxylic acids is 1. The number of nitrogens with one attached hydrogen (secondary N) is 1. The van der Waals surface area contributed by atoms with Gasteiger partial charge in [-0.2, -0.15) is 0 Å². The summed E-state index contributed by atoms with van der Waals surface area (Å²) in [6, 6.07) is 11.2. The Balaban J connectivity index is 1.54. The Morgan fingerprint density at radius 2 is 1.96 bits per heavy atom. The molecule has 1 aliphatic rings. The van der Waals surface area contributed by atoms with E-state index in [0.29, 0.717) is 22.9 Å². The molecular formula is C19H16FN3O3. The Labute approximate surface area is 149 Å². The fourth-order valence-electron chi connectivity index (χ4n) is 2.81. The minimum atomic E-state index is -0.337. The van der Waals surface area contributed by atoms with Gasteiger partial charge in [0, 0.05) is 5.69 Å². The smallest absolute Gasteiger partial charge is 0.270 e. The number of hydrogen-bond acceptors (Lipinski definition) is 4. The van der Waals surface area contributed by atoms with Crippen molar-refractivity contribution in [1.82, 2.24) is 14.9 Å². The summed E-state index contributed by atoms with van der Waals surface area (Å²) in [5.74, 6) is 0.745. The fourth-order valence-corrected chi connectivity index (χ4v) is 2.81. The molecule has 0 spiro atoms. The predicted octanol–water partition coefficient (Wildman–Crippen LogP) is 3.23. The van der Waals surface area contributed by atoms with Gasteiger partial charge in [-0.3, -0.25) is 9.36 Å². The van der Waals surface area contributed by atoms with Crippen LogP contribution in [0, 0.1) is 5.82 Å². The molecule has 0 bridgehead atoms. The Bertz CT molecular complexity index is 953. The van der Waals surface area contributed by atoms with Crippen LogP contribution in [0.2, 0.25) is 0 Å². The van der Waals surface area contributed by atoms with Gasteiger partial charge in [0.05, 0.1) is 18.6 Å². The van der Waals surface area contributed by atoms with E-state index in [1.54, 1.807) is 16.7 Å². The van der Waals surface area contributed by atoms with Crippen LogP contribution in [0.15, 0.2) is 55.0 Å². The van der Waals surface area contributed by atoms with E-state index in [9.17, 15) is 9.18 Å². The molecule has 1 amide bonds. The molecule has 26 heavy (non-hydrogen) atoms. The summed E-state index contributed by atoms with van der Waals surface area (Å²) in [7, 11) is 0. The van der Waals surface area contributed by atoms with Crippen LogP contribution in [0.1, 0.15) is 29.0 Å². The first-order valence-corrected chi connectivity index (χ1v) is 8.10. The molecule has 0 unspecified atom stereocenters. The maximum Gasteiger partial charge on any atom is 0.270 e. The van der Waals surface area contributed by atoms with Gasteiger partial charge in [-0.1, -0.05) is 6.07 Å². The average Bonchev–Trinajstić information content (AvgIpc) is 3.31. The molecule has 1 atom stereocenters. The number of benzene rings is 2. The van der Waals surface area contributed by atoms with Gasteiger partial charge in [0.25, 0.3) is 5.91 Å².